The zero-order valence-electron chi connectivity index (χ0n) is 10.4. The molecule has 6 heteroatoms. The zero-order valence-corrected chi connectivity index (χ0v) is 13.6. The number of rotatable bonds is 7. The molecule has 0 aliphatic rings. The average Bonchev–Trinajstić information content (AvgIpc) is 2.35. The average molecular weight is 394 g/mol. The van der Waals surface area contributed by atoms with Gasteiger partial charge in [-0.25, -0.2) is 0 Å². The normalized spacial score (nSPS) is 10.1. The van der Waals surface area contributed by atoms with Crippen molar-refractivity contribution < 1.29 is 19.1 Å². The first kappa shape index (κ1) is 16.2. The molecule has 0 spiro atoms. The lowest BCUT2D eigenvalue weighted by molar-refractivity contribution is -0.144. The molecule has 1 rings (SSSR count). The molecule has 0 N–H and O–H groups in total. The number of benzene rings is 1. The van der Waals surface area contributed by atoms with Gasteiger partial charge in [-0.2, -0.15) is 0 Å². The summed E-state index contributed by atoms with van der Waals surface area (Å²) in [6.45, 7) is 2.00. The van der Waals surface area contributed by atoms with E-state index in [2.05, 4.69) is 31.9 Å². The Morgan fingerprint density at radius 3 is 2.58 bits per heavy atom. The molecule has 19 heavy (non-hydrogen) atoms. The minimum atomic E-state index is -0.360. The van der Waals surface area contributed by atoms with Crippen molar-refractivity contribution in [2.24, 2.45) is 0 Å². The van der Waals surface area contributed by atoms with Gasteiger partial charge in [-0.15, -0.1) is 0 Å². The molecule has 0 saturated carbocycles. The maximum absolute atomic E-state index is 11.5. The van der Waals surface area contributed by atoms with Crippen LogP contribution in [0.5, 0.6) is 5.75 Å². The highest BCUT2D eigenvalue weighted by Crippen LogP contribution is 2.28. The van der Waals surface area contributed by atoms with Crippen molar-refractivity contribution >= 4 is 43.6 Å². The largest absolute Gasteiger partial charge is 0.485 e. The first-order valence-electron chi connectivity index (χ1n) is 5.78. The number of ether oxygens (including phenoxy) is 2. The van der Waals surface area contributed by atoms with Crippen LogP contribution in [-0.2, 0) is 14.3 Å². The molecule has 0 heterocycles. The van der Waals surface area contributed by atoms with Crippen LogP contribution in [0.3, 0.4) is 0 Å². The molecule has 0 aliphatic carbocycles. The third-order valence-corrected chi connectivity index (χ3v) is 3.31. The summed E-state index contributed by atoms with van der Waals surface area (Å²) in [5.74, 6) is 0.0937. The molecule has 0 saturated heterocycles. The van der Waals surface area contributed by atoms with Crippen LogP contribution in [0.2, 0.25) is 0 Å². The van der Waals surface area contributed by atoms with Gasteiger partial charge in [0.2, 0.25) is 0 Å². The molecule has 1 aromatic rings. The van der Waals surface area contributed by atoms with E-state index in [9.17, 15) is 9.59 Å². The lowest BCUT2D eigenvalue weighted by atomic mass is 10.2. The Balaban J connectivity index is 2.36. The Bertz CT molecular complexity index is 460. The monoisotopic (exact) mass is 392 g/mol. The van der Waals surface area contributed by atoms with E-state index in [-0.39, 0.29) is 31.2 Å². The second kappa shape index (κ2) is 8.32. The van der Waals surface area contributed by atoms with Crippen molar-refractivity contribution in [1.29, 1.82) is 0 Å². The van der Waals surface area contributed by atoms with Gasteiger partial charge in [0.1, 0.15) is 12.4 Å². The van der Waals surface area contributed by atoms with E-state index in [1.807, 2.05) is 12.1 Å². The van der Waals surface area contributed by atoms with E-state index in [0.717, 1.165) is 8.95 Å². The summed E-state index contributed by atoms with van der Waals surface area (Å²) in [6.07, 6.45) is 0.227. The molecule has 0 fully saturated rings. The van der Waals surface area contributed by atoms with Crippen LogP contribution in [0, 0.1) is 0 Å². The Morgan fingerprint density at radius 2 is 1.95 bits per heavy atom. The van der Waals surface area contributed by atoms with Crippen molar-refractivity contribution in [2.75, 3.05) is 13.2 Å². The van der Waals surface area contributed by atoms with Crippen LogP contribution in [0.4, 0.5) is 0 Å². The van der Waals surface area contributed by atoms with Crippen molar-refractivity contribution in [1.82, 2.24) is 0 Å². The van der Waals surface area contributed by atoms with E-state index in [0.29, 0.717) is 12.4 Å². The fourth-order valence-corrected chi connectivity index (χ4v) is 2.46. The molecule has 0 atom stereocenters. The smallest absolute Gasteiger partial charge is 0.306 e. The summed E-state index contributed by atoms with van der Waals surface area (Å²) in [5.41, 5.74) is 0. The summed E-state index contributed by atoms with van der Waals surface area (Å²) >= 11 is 6.67. The summed E-state index contributed by atoms with van der Waals surface area (Å²) in [5, 5.41) is 0. The molecule has 0 aromatic heterocycles. The zero-order chi connectivity index (χ0) is 14.3. The van der Waals surface area contributed by atoms with E-state index in [1.54, 1.807) is 13.0 Å². The SMILES string of the molecule is CCOC(=O)CCC(=O)COc1ccc(Br)cc1Br. The standard InChI is InChI=1S/C13H14Br2O4/c1-2-18-13(17)6-4-10(16)8-19-12-5-3-9(14)7-11(12)15/h3,5,7H,2,4,6,8H2,1H3. The maximum Gasteiger partial charge on any atom is 0.306 e. The Morgan fingerprint density at radius 1 is 1.21 bits per heavy atom. The molecule has 1 aromatic carbocycles. The molecular weight excluding hydrogens is 380 g/mol. The third kappa shape index (κ3) is 6.20. The van der Waals surface area contributed by atoms with Crippen molar-refractivity contribution in [2.45, 2.75) is 19.8 Å². The highest BCUT2D eigenvalue weighted by atomic mass is 79.9. The minimum Gasteiger partial charge on any atom is -0.485 e. The summed E-state index contributed by atoms with van der Waals surface area (Å²) < 4.78 is 11.8. The van der Waals surface area contributed by atoms with Crippen LogP contribution >= 0.6 is 31.9 Å². The molecule has 4 nitrogen and oxygen atoms in total. The van der Waals surface area contributed by atoms with Gasteiger partial charge in [0, 0.05) is 10.9 Å². The Hall–Kier alpha value is -0.880. The molecule has 0 bridgehead atoms. The molecular formula is C13H14Br2O4. The molecule has 104 valence electrons. The van der Waals surface area contributed by atoms with Crippen LogP contribution in [0.1, 0.15) is 19.8 Å². The van der Waals surface area contributed by atoms with Crippen molar-refractivity contribution in [3.63, 3.8) is 0 Å². The Labute approximate surface area is 128 Å². The third-order valence-electron chi connectivity index (χ3n) is 2.20. The predicted octanol–water partition coefficient (Wildman–Crippen LogP) is 3.50. The number of carbonyl (C=O) groups excluding carboxylic acids is 2. The van der Waals surface area contributed by atoms with Crippen LogP contribution < -0.4 is 4.74 Å². The van der Waals surface area contributed by atoms with E-state index >= 15 is 0 Å². The van der Waals surface area contributed by atoms with Gasteiger partial charge in [-0.1, -0.05) is 15.9 Å². The van der Waals surface area contributed by atoms with Gasteiger partial charge in [0.25, 0.3) is 0 Å². The highest BCUT2D eigenvalue weighted by Gasteiger charge is 2.09. The van der Waals surface area contributed by atoms with Crippen molar-refractivity contribution in [3.8, 4) is 5.75 Å². The molecule has 0 amide bonds. The first-order chi connectivity index (χ1) is 9.02. The number of hydrogen-bond donors (Lipinski definition) is 0. The molecule has 0 radical (unpaired) electrons. The molecule has 0 unspecified atom stereocenters. The van der Waals surface area contributed by atoms with Gasteiger partial charge < -0.3 is 9.47 Å². The number of esters is 1. The number of ketones is 1. The highest BCUT2D eigenvalue weighted by molar-refractivity contribution is 9.11. The molecule has 0 aliphatic heterocycles. The van der Waals surface area contributed by atoms with Crippen LogP contribution in [0.25, 0.3) is 0 Å². The maximum atomic E-state index is 11.5. The van der Waals surface area contributed by atoms with Crippen molar-refractivity contribution in [3.05, 3.63) is 27.1 Å². The fraction of sp³-hybridized carbons (Fsp3) is 0.385. The lowest BCUT2D eigenvalue weighted by Crippen LogP contribution is -2.14. The van der Waals surface area contributed by atoms with Gasteiger partial charge >= 0.3 is 5.97 Å². The lowest BCUT2D eigenvalue weighted by Gasteiger charge is -2.07. The number of carbonyl (C=O) groups is 2. The quantitative estimate of drug-likeness (QED) is 0.665. The van der Waals surface area contributed by atoms with Crippen LogP contribution in [-0.4, -0.2) is 25.0 Å². The van der Waals surface area contributed by atoms with Gasteiger partial charge in [-0.3, -0.25) is 9.59 Å². The number of Topliss-reactive ketones (excluding diaryl/α,β-unsaturated/α-hetero) is 1. The van der Waals surface area contributed by atoms with Gasteiger partial charge in [0.05, 0.1) is 17.5 Å². The van der Waals surface area contributed by atoms with Gasteiger partial charge in [-0.05, 0) is 41.1 Å². The predicted molar refractivity (Wildman–Crippen MR) is 78.2 cm³/mol. The minimum absolute atomic E-state index is 0.0559. The number of hydrogen-bond acceptors (Lipinski definition) is 4. The topological polar surface area (TPSA) is 52.6 Å². The van der Waals surface area contributed by atoms with Gasteiger partial charge in [0.15, 0.2) is 5.78 Å². The Kier molecular flexibility index (Phi) is 7.09. The summed E-state index contributed by atoms with van der Waals surface area (Å²) in [6, 6.07) is 5.41. The number of halogens is 2. The first-order valence-corrected chi connectivity index (χ1v) is 7.36. The summed E-state index contributed by atoms with van der Waals surface area (Å²) in [4.78, 5) is 22.6. The second-order valence-electron chi connectivity index (χ2n) is 3.71. The van der Waals surface area contributed by atoms with E-state index in [1.165, 1.54) is 0 Å². The van der Waals surface area contributed by atoms with Crippen LogP contribution in [0.15, 0.2) is 27.1 Å². The fourth-order valence-electron chi connectivity index (χ4n) is 1.30. The summed E-state index contributed by atoms with van der Waals surface area (Å²) in [7, 11) is 0. The van der Waals surface area contributed by atoms with E-state index < -0.39 is 0 Å². The second-order valence-corrected chi connectivity index (χ2v) is 5.48. The van der Waals surface area contributed by atoms with E-state index in [4.69, 9.17) is 9.47 Å².